The molecule has 0 spiro atoms. The van der Waals surface area contributed by atoms with Gasteiger partial charge in [-0.25, -0.2) is 13.8 Å². The third-order valence-electron chi connectivity index (χ3n) is 1.42. The van der Waals surface area contributed by atoms with Gasteiger partial charge in [0.1, 0.15) is 0 Å². The standard InChI is InChI=1S/C4H8N2O2S/c5-6-4-1-2-9(7,8)3-4/h4,6H,1-3H2. The molecule has 2 radical (unpaired) electrons. The Morgan fingerprint density at radius 3 is 2.44 bits per heavy atom. The van der Waals surface area contributed by atoms with E-state index in [9.17, 15) is 8.42 Å². The van der Waals surface area contributed by atoms with Crippen LogP contribution in [0.3, 0.4) is 0 Å². The predicted octanol–water partition coefficient (Wildman–Crippen LogP) is -1.25. The fourth-order valence-corrected chi connectivity index (χ4v) is 2.56. The first-order valence-corrected chi connectivity index (χ1v) is 4.56. The summed E-state index contributed by atoms with van der Waals surface area (Å²) in [6, 6.07) is -0.241. The van der Waals surface area contributed by atoms with E-state index in [1.807, 2.05) is 5.43 Å². The maximum absolute atomic E-state index is 10.6. The summed E-state index contributed by atoms with van der Waals surface area (Å²) in [5, 5.41) is 0. The van der Waals surface area contributed by atoms with Crippen molar-refractivity contribution in [2.24, 2.45) is 0 Å². The zero-order valence-electron chi connectivity index (χ0n) is 4.87. The molecule has 1 saturated heterocycles. The van der Waals surface area contributed by atoms with Crippen LogP contribution < -0.4 is 11.3 Å². The maximum Gasteiger partial charge on any atom is 0.151 e. The molecule has 0 aromatic heterocycles. The first kappa shape index (κ1) is 6.98. The Balaban J connectivity index is 2.58. The summed E-state index contributed by atoms with van der Waals surface area (Å²) in [6.07, 6.45) is 0.527. The van der Waals surface area contributed by atoms with Crippen molar-refractivity contribution in [1.29, 1.82) is 0 Å². The lowest BCUT2D eigenvalue weighted by molar-refractivity contribution is 0.561. The van der Waals surface area contributed by atoms with Gasteiger partial charge in [0, 0.05) is 6.04 Å². The van der Waals surface area contributed by atoms with Crippen LogP contribution >= 0.6 is 0 Å². The minimum absolute atomic E-state index is 0.0729. The molecule has 1 N–H and O–H groups in total. The van der Waals surface area contributed by atoms with Gasteiger partial charge in [-0.05, 0) is 12.3 Å². The third kappa shape index (κ3) is 1.64. The molecular weight excluding hydrogens is 140 g/mol. The zero-order valence-corrected chi connectivity index (χ0v) is 5.69. The molecule has 0 saturated carbocycles. The number of nitrogens with zero attached hydrogens (tertiary/aromatic N) is 1. The molecule has 0 bridgehead atoms. The third-order valence-corrected chi connectivity index (χ3v) is 3.18. The van der Waals surface area contributed by atoms with Crippen LogP contribution in [-0.2, 0) is 9.84 Å². The lowest BCUT2D eigenvalue weighted by atomic mass is 10.3. The van der Waals surface area contributed by atoms with E-state index in [0.29, 0.717) is 6.42 Å². The van der Waals surface area contributed by atoms with Crippen molar-refractivity contribution in [3.63, 3.8) is 0 Å². The van der Waals surface area contributed by atoms with Crippen LogP contribution in [-0.4, -0.2) is 26.0 Å². The Morgan fingerprint density at radius 2 is 2.22 bits per heavy atom. The molecule has 1 rings (SSSR count). The van der Waals surface area contributed by atoms with Crippen LogP contribution in [0.25, 0.3) is 0 Å². The lowest BCUT2D eigenvalue weighted by Gasteiger charge is -1.98. The van der Waals surface area contributed by atoms with E-state index in [4.69, 9.17) is 5.84 Å². The minimum Gasteiger partial charge on any atom is -0.229 e. The maximum atomic E-state index is 10.6. The van der Waals surface area contributed by atoms with Crippen molar-refractivity contribution in [3.05, 3.63) is 0 Å². The van der Waals surface area contributed by atoms with E-state index in [-0.39, 0.29) is 17.5 Å². The van der Waals surface area contributed by atoms with Crippen molar-refractivity contribution >= 4 is 9.84 Å². The van der Waals surface area contributed by atoms with Crippen LogP contribution in [0.15, 0.2) is 0 Å². The van der Waals surface area contributed by atoms with Gasteiger partial charge in [0.25, 0.3) is 0 Å². The Labute approximate surface area is 54.3 Å². The largest absolute Gasteiger partial charge is 0.229 e. The smallest absolute Gasteiger partial charge is 0.151 e. The van der Waals surface area contributed by atoms with Crippen molar-refractivity contribution in [2.75, 3.05) is 11.5 Å². The number of hydrogen-bond acceptors (Lipinski definition) is 3. The van der Waals surface area contributed by atoms with E-state index in [1.165, 1.54) is 0 Å². The molecule has 1 aliphatic heterocycles. The first-order chi connectivity index (χ1) is 4.14. The van der Waals surface area contributed by atoms with Gasteiger partial charge in [-0.3, -0.25) is 0 Å². The molecule has 52 valence electrons. The van der Waals surface area contributed by atoms with Crippen LogP contribution in [0.5, 0.6) is 0 Å². The van der Waals surface area contributed by atoms with Crippen LogP contribution in [0.1, 0.15) is 6.42 Å². The summed E-state index contributed by atoms with van der Waals surface area (Å²) in [7, 11) is -2.83. The molecule has 0 aromatic carbocycles. The van der Waals surface area contributed by atoms with E-state index in [2.05, 4.69) is 0 Å². The van der Waals surface area contributed by atoms with Crippen molar-refractivity contribution < 1.29 is 8.42 Å². The first-order valence-electron chi connectivity index (χ1n) is 2.74. The summed E-state index contributed by atoms with van der Waals surface area (Å²) in [5.74, 6) is 8.56. The van der Waals surface area contributed by atoms with Crippen LogP contribution in [0.4, 0.5) is 0 Å². The molecular formula is C4H8N2O2S. The van der Waals surface area contributed by atoms with E-state index >= 15 is 0 Å². The van der Waals surface area contributed by atoms with Gasteiger partial charge in [-0.2, -0.15) is 0 Å². The second kappa shape index (κ2) is 2.24. The van der Waals surface area contributed by atoms with E-state index in [0.717, 1.165) is 0 Å². The van der Waals surface area contributed by atoms with Crippen molar-refractivity contribution in [3.8, 4) is 0 Å². The number of rotatable bonds is 1. The predicted molar refractivity (Wildman–Crippen MR) is 32.3 cm³/mol. The Bertz CT molecular complexity index is 187. The van der Waals surface area contributed by atoms with Crippen LogP contribution in [0, 0.1) is 0 Å². The average molecular weight is 148 g/mol. The zero-order chi connectivity index (χ0) is 6.91. The lowest BCUT2D eigenvalue weighted by Crippen LogP contribution is -2.27. The van der Waals surface area contributed by atoms with Gasteiger partial charge < -0.3 is 0 Å². The molecule has 1 aliphatic rings. The van der Waals surface area contributed by atoms with Gasteiger partial charge >= 0.3 is 0 Å². The van der Waals surface area contributed by atoms with E-state index in [1.54, 1.807) is 0 Å². The quantitative estimate of drug-likeness (QED) is 0.472. The SMILES string of the molecule is [N]NC1CCS(=O)(=O)C1. The van der Waals surface area contributed by atoms with Crippen molar-refractivity contribution in [2.45, 2.75) is 12.5 Å². The second-order valence-corrected chi connectivity index (χ2v) is 4.46. The monoisotopic (exact) mass is 148 g/mol. The van der Waals surface area contributed by atoms with Gasteiger partial charge in [0.05, 0.1) is 11.5 Å². The Morgan fingerprint density at radius 1 is 1.56 bits per heavy atom. The Kier molecular flexibility index (Phi) is 1.74. The molecule has 0 aromatic rings. The normalized spacial score (nSPS) is 32.8. The summed E-state index contributed by atoms with van der Waals surface area (Å²) >= 11 is 0. The fourth-order valence-electron chi connectivity index (χ4n) is 0.897. The van der Waals surface area contributed by atoms with Crippen LogP contribution in [0.2, 0.25) is 0 Å². The molecule has 0 aliphatic carbocycles. The molecule has 1 heterocycles. The summed E-state index contributed by atoms with van der Waals surface area (Å²) < 4.78 is 21.3. The molecule has 0 amide bonds. The molecule has 1 fully saturated rings. The Hall–Kier alpha value is -0.130. The summed E-state index contributed by atoms with van der Waals surface area (Å²) in [4.78, 5) is 0. The molecule has 4 nitrogen and oxygen atoms in total. The fraction of sp³-hybridized carbons (Fsp3) is 1.00. The highest BCUT2D eigenvalue weighted by atomic mass is 32.2. The van der Waals surface area contributed by atoms with Gasteiger partial charge in [-0.1, -0.05) is 0 Å². The van der Waals surface area contributed by atoms with Gasteiger partial charge in [-0.15, -0.1) is 0 Å². The molecule has 1 unspecified atom stereocenters. The number of nitrogens with one attached hydrogen (secondary N) is 1. The highest BCUT2D eigenvalue weighted by molar-refractivity contribution is 7.91. The molecule has 5 heteroatoms. The van der Waals surface area contributed by atoms with Gasteiger partial charge in [0.15, 0.2) is 9.84 Å². The molecule has 9 heavy (non-hydrogen) atoms. The van der Waals surface area contributed by atoms with Crippen molar-refractivity contribution in [1.82, 2.24) is 11.3 Å². The highest BCUT2D eigenvalue weighted by Crippen LogP contribution is 2.09. The minimum atomic E-state index is -2.83. The topological polar surface area (TPSA) is 68.5 Å². The summed E-state index contributed by atoms with van der Waals surface area (Å²) in [5.41, 5.74) is 1.94. The average Bonchev–Trinajstić information content (AvgIpc) is 2.10. The second-order valence-electron chi connectivity index (χ2n) is 2.23. The van der Waals surface area contributed by atoms with E-state index < -0.39 is 9.84 Å². The van der Waals surface area contributed by atoms with Gasteiger partial charge in [0.2, 0.25) is 0 Å². The number of sulfone groups is 1. The number of hydrogen-bond donors (Lipinski definition) is 1. The molecule has 1 atom stereocenters. The highest BCUT2D eigenvalue weighted by Gasteiger charge is 2.26. The summed E-state index contributed by atoms with van der Waals surface area (Å²) in [6.45, 7) is 0.